The second-order valence-corrected chi connectivity index (χ2v) is 4.04. The normalized spacial score (nSPS) is 17.7. The zero-order valence-corrected chi connectivity index (χ0v) is 8.77. The number of fused-ring (bicyclic) bond motifs is 1. The van der Waals surface area contributed by atoms with E-state index in [1.165, 1.54) is 16.8 Å². The second-order valence-electron chi connectivity index (χ2n) is 4.04. The van der Waals surface area contributed by atoms with E-state index in [2.05, 4.69) is 41.5 Å². The Morgan fingerprint density at radius 2 is 2.27 bits per heavy atom. The number of hydrogen-bond donors (Lipinski definition) is 0. The molecule has 1 radical (unpaired) electrons. The highest BCUT2D eigenvalue weighted by molar-refractivity contribution is 5.72. The highest BCUT2D eigenvalue weighted by atomic mass is 15.1. The molecule has 0 unspecified atom stereocenters. The quantitative estimate of drug-likeness (QED) is 0.674. The van der Waals surface area contributed by atoms with Crippen LogP contribution in [-0.2, 0) is 6.42 Å². The number of anilines is 1. The number of benzene rings is 1. The first-order valence-corrected chi connectivity index (χ1v) is 5.27. The standard InChI is InChI=1S/C13H13N2/c1-15-8-6-11-9-10(4-5-13(11)15)12-3-2-7-14-12/h2-5,7,9H,6,8H2,1H3. The van der Waals surface area contributed by atoms with Crippen LogP contribution in [0.15, 0.2) is 36.6 Å². The van der Waals surface area contributed by atoms with Gasteiger partial charge in [0.1, 0.15) is 0 Å². The van der Waals surface area contributed by atoms with Crippen LogP contribution in [0.2, 0.25) is 0 Å². The molecule has 0 saturated carbocycles. The summed E-state index contributed by atoms with van der Waals surface area (Å²) in [5.41, 5.74) is 5.12. The molecule has 2 nitrogen and oxygen atoms in total. The Labute approximate surface area is 89.9 Å². The van der Waals surface area contributed by atoms with Gasteiger partial charge in [-0.15, -0.1) is 0 Å². The lowest BCUT2D eigenvalue weighted by Crippen LogP contribution is -2.12. The van der Waals surface area contributed by atoms with Gasteiger partial charge in [-0.05, 0) is 36.3 Å². The Morgan fingerprint density at radius 1 is 1.33 bits per heavy atom. The average molecular weight is 197 g/mol. The second kappa shape index (κ2) is 3.16. The molecule has 0 spiro atoms. The maximum absolute atomic E-state index is 4.32. The summed E-state index contributed by atoms with van der Waals surface area (Å²) in [4.78, 5) is 2.30. The first kappa shape index (κ1) is 8.60. The molecule has 0 atom stereocenters. The molecular formula is C13H13N2. The number of allylic oxidation sites excluding steroid dienone is 2. The van der Waals surface area contributed by atoms with Crippen molar-refractivity contribution in [2.45, 2.75) is 6.42 Å². The van der Waals surface area contributed by atoms with Crippen molar-refractivity contribution in [3.8, 4) is 0 Å². The monoisotopic (exact) mass is 197 g/mol. The van der Waals surface area contributed by atoms with Crippen LogP contribution < -0.4 is 10.2 Å². The van der Waals surface area contributed by atoms with Crippen LogP contribution in [0.5, 0.6) is 0 Å². The van der Waals surface area contributed by atoms with Crippen molar-refractivity contribution in [3.05, 3.63) is 47.7 Å². The predicted molar refractivity (Wildman–Crippen MR) is 62.7 cm³/mol. The van der Waals surface area contributed by atoms with Gasteiger partial charge in [0.15, 0.2) is 0 Å². The minimum absolute atomic E-state index is 1.08. The summed E-state index contributed by atoms with van der Waals surface area (Å²) in [5, 5.41) is 4.32. The molecule has 0 aromatic heterocycles. The first-order chi connectivity index (χ1) is 7.34. The van der Waals surface area contributed by atoms with E-state index in [4.69, 9.17) is 0 Å². The SMILES string of the molecule is CN1CCc2cc(C3=CC=C[N]3)ccc21. The van der Waals surface area contributed by atoms with Crippen LogP contribution in [0.25, 0.3) is 5.70 Å². The molecule has 75 valence electrons. The maximum atomic E-state index is 4.32. The van der Waals surface area contributed by atoms with Gasteiger partial charge in [-0.3, -0.25) is 5.32 Å². The lowest BCUT2D eigenvalue weighted by atomic mass is 10.1. The molecule has 1 aromatic carbocycles. The van der Waals surface area contributed by atoms with Gasteiger partial charge in [-0.2, -0.15) is 0 Å². The summed E-state index contributed by atoms with van der Waals surface area (Å²) in [6, 6.07) is 6.62. The zero-order valence-electron chi connectivity index (χ0n) is 8.77. The van der Waals surface area contributed by atoms with E-state index in [0.29, 0.717) is 0 Å². The Morgan fingerprint density at radius 3 is 3.07 bits per heavy atom. The average Bonchev–Trinajstić information content (AvgIpc) is 2.88. The van der Waals surface area contributed by atoms with Crippen molar-refractivity contribution < 1.29 is 0 Å². The summed E-state index contributed by atoms with van der Waals surface area (Å²) in [6.07, 6.45) is 7.03. The molecule has 0 saturated heterocycles. The van der Waals surface area contributed by atoms with E-state index in [1.807, 2.05) is 12.3 Å². The molecule has 15 heavy (non-hydrogen) atoms. The highest BCUT2D eigenvalue weighted by Crippen LogP contribution is 2.29. The topological polar surface area (TPSA) is 17.3 Å². The predicted octanol–water partition coefficient (Wildman–Crippen LogP) is 2.15. The van der Waals surface area contributed by atoms with Gasteiger partial charge in [0.05, 0.1) is 5.70 Å². The van der Waals surface area contributed by atoms with E-state index in [-0.39, 0.29) is 0 Å². The van der Waals surface area contributed by atoms with Crippen LogP contribution in [0, 0.1) is 0 Å². The van der Waals surface area contributed by atoms with Gasteiger partial charge < -0.3 is 4.90 Å². The first-order valence-electron chi connectivity index (χ1n) is 5.27. The minimum atomic E-state index is 1.08. The highest BCUT2D eigenvalue weighted by Gasteiger charge is 2.16. The summed E-state index contributed by atoms with van der Waals surface area (Å²) in [5.74, 6) is 0. The van der Waals surface area contributed by atoms with Crippen LogP contribution >= 0.6 is 0 Å². The van der Waals surface area contributed by atoms with Gasteiger partial charge in [-0.25, -0.2) is 0 Å². The number of nitrogens with zero attached hydrogens (tertiary/aromatic N) is 2. The molecule has 0 bridgehead atoms. The molecule has 2 heteroatoms. The number of rotatable bonds is 1. The largest absolute Gasteiger partial charge is 0.374 e. The smallest absolute Gasteiger partial charge is 0.0702 e. The third-order valence-electron chi connectivity index (χ3n) is 3.06. The Kier molecular flexibility index (Phi) is 1.81. The van der Waals surface area contributed by atoms with E-state index < -0.39 is 0 Å². The zero-order chi connectivity index (χ0) is 10.3. The summed E-state index contributed by atoms with van der Waals surface area (Å²) >= 11 is 0. The molecule has 0 N–H and O–H groups in total. The van der Waals surface area contributed by atoms with Crippen LogP contribution in [-0.4, -0.2) is 13.6 Å². The fraction of sp³-hybridized carbons (Fsp3) is 0.231. The van der Waals surface area contributed by atoms with Crippen LogP contribution in [0.4, 0.5) is 5.69 Å². The number of hydrogen-bond acceptors (Lipinski definition) is 1. The van der Waals surface area contributed by atoms with Crippen molar-refractivity contribution in [2.24, 2.45) is 0 Å². The van der Waals surface area contributed by atoms with Crippen molar-refractivity contribution in [3.63, 3.8) is 0 Å². The van der Waals surface area contributed by atoms with Crippen molar-refractivity contribution in [2.75, 3.05) is 18.5 Å². The van der Waals surface area contributed by atoms with E-state index >= 15 is 0 Å². The molecule has 2 heterocycles. The molecular weight excluding hydrogens is 184 g/mol. The van der Waals surface area contributed by atoms with Crippen LogP contribution in [0.3, 0.4) is 0 Å². The maximum Gasteiger partial charge on any atom is 0.0702 e. The number of likely N-dealkylation sites (N-methyl/N-ethyl adjacent to an activating group) is 1. The Hall–Kier alpha value is -1.70. The molecule has 1 aromatic rings. The summed E-state index contributed by atoms with van der Waals surface area (Å²) in [7, 11) is 2.15. The minimum Gasteiger partial charge on any atom is -0.374 e. The van der Waals surface area contributed by atoms with Crippen LogP contribution in [0.1, 0.15) is 11.1 Å². The molecule has 3 rings (SSSR count). The third kappa shape index (κ3) is 1.33. The van der Waals surface area contributed by atoms with Crippen molar-refractivity contribution in [1.29, 1.82) is 0 Å². The molecule has 2 aliphatic rings. The van der Waals surface area contributed by atoms with Gasteiger partial charge in [0.2, 0.25) is 0 Å². The third-order valence-corrected chi connectivity index (χ3v) is 3.06. The van der Waals surface area contributed by atoms with Gasteiger partial charge in [0, 0.05) is 31.0 Å². The summed E-state index contributed by atoms with van der Waals surface area (Å²) in [6.45, 7) is 1.13. The lowest BCUT2D eigenvalue weighted by molar-refractivity contribution is 0.956. The Bertz CT molecular complexity index is 458. The van der Waals surface area contributed by atoms with Gasteiger partial charge in [-0.1, -0.05) is 6.07 Å². The lowest BCUT2D eigenvalue weighted by Gasteiger charge is -2.12. The fourth-order valence-electron chi connectivity index (χ4n) is 2.20. The van der Waals surface area contributed by atoms with Crippen molar-refractivity contribution in [1.82, 2.24) is 5.32 Å². The van der Waals surface area contributed by atoms with E-state index in [9.17, 15) is 0 Å². The fourth-order valence-corrected chi connectivity index (χ4v) is 2.20. The van der Waals surface area contributed by atoms with E-state index in [1.54, 1.807) is 0 Å². The van der Waals surface area contributed by atoms with Gasteiger partial charge in [0.25, 0.3) is 0 Å². The van der Waals surface area contributed by atoms with Gasteiger partial charge >= 0.3 is 0 Å². The van der Waals surface area contributed by atoms with Crippen molar-refractivity contribution >= 4 is 11.4 Å². The molecule has 0 aliphatic carbocycles. The molecule has 0 amide bonds. The van der Waals surface area contributed by atoms with E-state index in [0.717, 1.165) is 18.7 Å². The molecule has 0 fully saturated rings. The molecule has 2 aliphatic heterocycles. The Balaban J connectivity index is 2.00. The summed E-state index contributed by atoms with van der Waals surface area (Å²) < 4.78 is 0.